The molecule has 2 N–H and O–H groups in total. The molecule has 112 valence electrons. The van der Waals surface area contributed by atoms with Crippen molar-refractivity contribution >= 4 is 15.7 Å². The van der Waals surface area contributed by atoms with Crippen molar-refractivity contribution < 1.29 is 18.4 Å². The second-order valence-electron chi connectivity index (χ2n) is 4.78. The van der Waals surface area contributed by atoms with Gasteiger partial charge in [0, 0.05) is 24.8 Å². The third kappa shape index (κ3) is 3.75. The van der Waals surface area contributed by atoms with E-state index >= 15 is 0 Å². The molecule has 1 rings (SSSR count). The predicted molar refractivity (Wildman–Crippen MR) is 73.9 cm³/mol. The van der Waals surface area contributed by atoms with Crippen LogP contribution in [0.5, 0.6) is 0 Å². The lowest BCUT2D eigenvalue weighted by Crippen LogP contribution is -2.38. The fourth-order valence-electron chi connectivity index (χ4n) is 1.63. The van der Waals surface area contributed by atoms with Crippen LogP contribution in [0.1, 0.15) is 19.4 Å². The Morgan fingerprint density at radius 1 is 1.40 bits per heavy atom. The Balaban J connectivity index is 3.07. The maximum Gasteiger partial charge on any atom is 0.269 e. The fourth-order valence-corrected chi connectivity index (χ4v) is 3.21. The largest absolute Gasteiger partial charge is 0.396 e. The maximum absolute atomic E-state index is 12.2. The minimum absolute atomic E-state index is 0.0000831. The summed E-state index contributed by atoms with van der Waals surface area (Å²) >= 11 is 0. The van der Waals surface area contributed by atoms with Crippen LogP contribution >= 0.6 is 0 Å². The molecule has 8 heteroatoms. The number of hydrogen-bond acceptors (Lipinski definition) is 5. The molecule has 0 aliphatic carbocycles. The van der Waals surface area contributed by atoms with E-state index in [1.54, 1.807) is 13.8 Å². The van der Waals surface area contributed by atoms with E-state index in [1.165, 1.54) is 19.1 Å². The van der Waals surface area contributed by atoms with Crippen LogP contribution < -0.4 is 4.72 Å². The summed E-state index contributed by atoms with van der Waals surface area (Å²) in [5.41, 5.74) is 0.147. The van der Waals surface area contributed by atoms with Crippen LogP contribution in [0.4, 0.5) is 5.69 Å². The van der Waals surface area contributed by atoms with Crippen LogP contribution in [0.2, 0.25) is 0 Å². The van der Waals surface area contributed by atoms with Gasteiger partial charge < -0.3 is 5.11 Å². The Hall–Kier alpha value is -1.51. The molecule has 0 fully saturated rings. The van der Waals surface area contributed by atoms with E-state index in [0.717, 1.165) is 6.07 Å². The minimum atomic E-state index is -3.77. The first kappa shape index (κ1) is 16.5. The van der Waals surface area contributed by atoms with E-state index in [4.69, 9.17) is 5.11 Å². The molecule has 0 saturated heterocycles. The lowest BCUT2D eigenvalue weighted by atomic mass is 10.1. The highest BCUT2D eigenvalue weighted by Crippen LogP contribution is 2.21. The Bertz CT molecular complexity index is 600. The van der Waals surface area contributed by atoms with Gasteiger partial charge in [-0.1, -0.05) is 6.92 Å². The molecule has 0 amide bonds. The van der Waals surface area contributed by atoms with E-state index < -0.39 is 21.0 Å². The van der Waals surface area contributed by atoms with Crippen LogP contribution in [-0.2, 0) is 10.0 Å². The Labute approximate surface area is 117 Å². The number of aliphatic hydroxyl groups is 1. The number of rotatable bonds is 6. The van der Waals surface area contributed by atoms with Gasteiger partial charge in [-0.15, -0.1) is 0 Å². The molecule has 0 aliphatic rings. The number of non-ortho nitro benzene ring substituents is 1. The fraction of sp³-hybridized carbons (Fsp3) is 0.500. The van der Waals surface area contributed by atoms with Gasteiger partial charge in [0.05, 0.1) is 9.82 Å². The monoisotopic (exact) mass is 302 g/mol. The highest BCUT2D eigenvalue weighted by Gasteiger charge is 2.23. The van der Waals surface area contributed by atoms with Crippen molar-refractivity contribution in [1.29, 1.82) is 0 Å². The topological polar surface area (TPSA) is 110 Å². The summed E-state index contributed by atoms with van der Waals surface area (Å²) in [4.78, 5) is 10.1. The smallest absolute Gasteiger partial charge is 0.269 e. The molecule has 0 aliphatic heterocycles. The van der Waals surface area contributed by atoms with Crippen molar-refractivity contribution in [1.82, 2.24) is 4.72 Å². The van der Waals surface area contributed by atoms with Gasteiger partial charge in [-0.25, -0.2) is 13.1 Å². The molecule has 7 nitrogen and oxygen atoms in total. The zero-order valence-corrected chi connectivity index (χ0v) is 12.3. The summed E-state index contributed by atoms with van der Waals surface area (Å²) in [6, 6.07) is 3.14. The molecule has 0 heterocycles. The predicted octanol–water partition coefficient (Wildman–Crippen LogP) is 1.20. The third-order valence-electron chi connectivity index (χ3n) is 3.14. The number of sulfonamides is 1. The second kappa shape index (κ2) is 6.29. The molecule has 1 aromatic carbocycles. The summed E-state index contributed by atoms with van der Waals surface area (Å²) in [7, 11) is -3.77. The van der Waals surface area contributed by atoms with E-state index in [1.807, 2.05) is 0 Å². The number of aliphatic hydroxyl groups excluding tert-OH is 1. The first-order chi connectivity index (χ1) is 9.19. The highest BCUT2D eigenvalue weighted by atomic mass is 32.2. The molecule has 2 unspecified atom stereocenters. The van der Waals surface area contributed by atoms with Gasteiger partial charge >= 0.3 is 0 Å². The molecule has 0 aromatic heterocycles. The third-order valence-corrected chi connectivity index (χ3v) is 4.86. The molecule has 0 radical (unpaired) electrons. The van der Waals surface area contributed by atoms with Gasteiger partial charge in [0.25, 0.3) is 5.69 Å². The van der Waals surface area contributed by atoms with E-state index in [0.29, 0.717) is 5.56 Å². The van der Waals surface area contributed by atoms with Crippen molar-refractivity contribution in [3.8, 4) is 0 Å². The first-order valence-electron chi connectivity index (χ1n) is 6.07. The summed E-state index contributed by atoms with van der Waals surface area (Å²) in [6.07, 6.45) is 0. The normalized spacial score (nSPS) is 14.8. The van der Waals surface area contributed by atoms with Crippen LogP contribution in [-0.4, -0.2) is 31.1 Å². The summed E-state index contributed by atoms with van der Waals surface area (Å²) < 4.78 is 26.9. The van der Waals surface area contributed by atoms with Crippen LogP contribution in [0.3, 0.4) is 0 Å². The summed E-state index contributed by atoms with van der Waals surface area (Å²) in [5.74, 6) is -0.233. The van der Waals surface area contributed by atoms with Crippen molar-refractivity contribution in [3.05, 3.63) is 33.9 Å². The van der Waals surface area contributed by atoms with Crippen molar-refractivity contribution in [2.45, 2.75) is 31.7 Å². The number of nitrogens with zero attached hydrogens (tertiary/aromatic N) is 1. The molecule has 1 aromatic rings. The van der Waals surface area contributed by atoms with Crippen LogP contribution in [0.25, 0.3) is 0 Å². The van der Waals surface area contributed by atoms with Crippen LogP contribution in [0, 0.1) is 23.0 Å². The Morgan fingerprint density at radius 2 is 2.00 bits per heavy atom. The molecular formula is C12H18N2O5S. The summed E-state index contributed by atoms with van der Waals surface area (Å²) in [5, 5.41) is 19.6. The number of aryl methyl sites for hydroxylation is 1. The molecule has 0 saturated carbocycles. The van der Waals surface area contributed by atoms with E-state index in [-0.39, 0.29) is 23.1 Å². The quantitative estimate of drug-likeness (QED) is 0.606. The van der Waals surface area contributed by atoms with Gasteiger partial charge in [0.2, 0.25) is 10.0 Å². The average Bonchev–Trinajstić information content (AvgIpc) is 2.36. The lowest BCUT2D eigenvalue weighted by Gasteiger charge is -2.19. The summed E-state index contributed by atoms with van der Waals surface area (Å²) in [6.45, 7) is 4.74. The van der Waals surface area contributed by atoms with Gasteiger partial charge in [0.15, 0.2) is 0 Å². The van der Waals surface area contributed by atoms with Gasteiger partial charge in [0.1, 0.15) is 0 Å². The zero-order valence-electron chi connectivity index (χ0n) is 11.5. The van der Waals surface area contributed by atoms with Gasteiger partial charge in [-0.05, 0) is 31.4 Å². The second-order valence-corrected chi connectivity index (χ2v) is 6.46. The Morgan fingerprint density at radius 3 is 2.45 bits per heavy atom. The molecule has 2 atom stereocenters. The Kier molecular flexibility index (Phi) is 5.21. The molecular weight excluding hydrogens is 284 g/mol. The van der Waals surface area contributed by atoms with Crippen molar-refractivity contribution in [3.63, 3.8) is 0 Å². The molecule has 20 heavy (non-hydrogen) atoms. The van der Waals surface area contributed by atoms with E-state index in [2.05, 4.69) is 4.72 Å². The van der Waals surface area contributed by atoms with Crippen molar-refractivity contribution in [2.75, 3.05) is 6.61 Å². The van der Waals surface area contributed by atoms with Gasteiger partial charge in [-0.2, -0.15) is 0 Å². The van der Waals surface area contributed by atoms with Crippen LogP contribution in [0.15, 0.2) is 23.1 Å². The average molecular weight is 302 g/mol. The minimum Gasteiger partial charge on any atom is -0.396 e. The van der Waals surface area contributed by atoms with Crippen molar-refractivity contribution in [2.24, 2.45) is 5.92 Å². The maximum atomic E-state index is 12.2. The number of nitro benzene ring substituents is 1. The number of nitro groups is 1. The molecule has 0 bridgehead atoms. The molecule has 0 spiro atoms. The number of hydrogen-bond donors (Lipinski definition) is 2. The number of benzene rings is 1. The first-order valence-corrected chi connectivity index (χ1v) is 7.55. The van der Waals surface area contributed by atoms with E-state index in [9.17, 15) is 18.5 Å². The SMILES string of the molecule is Cc1cc([N+](=O)[O-])ccc1S(=O)(=O)NC(C)C(C)CO. The highest BCUT2D eigenvalue weighted by molar-refractivity contribution is 7.89. The lowest BCUT2D eigenvalue weighted by molar-refractivity contribution is -0.385. The zero-order chi connectivity index (χ0) is 15.5. The standard InChI is InChI=1S/C12H18N2O5S/c1-8-6-11(14(16)17)4-5-12(8)20(18,19)13-10(3)9(2)7-15/h4-6,9-10,13,15H,7H2,1-3H3. The number of nitrogens with one attached hydrogen (secondary N) is 1. The van der Waals surface area contributed by atoms with Gasteiger partial charge in [-0.3, -0.25) is 10.1 Å².